The molecule has 10 heteroatoms. The van der Waals surface area contributed by atoms with E-state index >= 15 is 0 Å². The molecule has 3 heterocycles. The Morgan fingerprint density at radius 2 is 1.89 bits per heavy atom. The molecule has 35 heavy (non-hydrogen) atoms. The summed E-state index contributed by atoms with van der Waals surface area (Å²) >= 11 is 0. The molecule has 0 radical (unpaired) electrons. The monoisotopic (exact) mass is 487 g/mol. The fourth-order valence-electron chi connectivity index (χ4n) is 4.27. The first-order valence-corrected chi connectivity index (χ1v) is 11.1. The molecule has 7 nitrogen and oxygen atoms in total. The van der Waals surface area contributed by atoms with E-state index in [-0.39, 0.29) is 24.2 Å². The average molecular weight is 487 g/mol. The van der Waals surface area contributed by atoms with Crippen LogP contribution in [0.4, 0.5) is 18.9 Å². The Labute approximate surface area is 199 Å². The smallest absolute Gasteiger partial charge is 0.187 e. The molecule has 2 aromatic heterocycles. The van der Waals surface area contributed by atoms with Crippen LogP contribution in [0, 0.1) is 17.5 Å². The van der Waals surface area contributed by atoms with Crippen molar-refractivity contribution < 1.29 is 32.9 Å². The van der Waals surface area contributed by atoms with Crippen molar-refractivity contribution in [2.75, 3.05) is 5.73 Å². The number of aliphatic hydroxyl groups excluding tert-OH is 2. The number of benzene rings is 1. The number of hydrogen-bond donors (Lipinski definition) is 3. The zero-order chi connectivity index (χ0) is 25.3. The number of ether oxygens (including phenoxy) is 1. The molecule has 1 saturated heterocycles. The van der Waals surface area contributed by atoms with Gasteiger partial charge in [0.15, 0.2) is 11.6 Å². The van der Waals surface area contributed by atoms with Crippen molar-refractivity contribution in [3.05, 3.63) is 77.0 Å². The predicted octanol–water partition coefficient (Wildman–Crippen LogP) is 3.53. The number of nitrogens with two attached hydrogens (primary N) is 1. The zero-order valence-electron chi connectivity index (χ0n) is 18.8. The SMILES string of the molecule is CC[C@H]1O[C@@H](c2ccncc2CC(=O)c2nc(-c3c(F)cccc3F)c(F)cc2N)C[C@@H](O)[C@@H]1O. The second-order valence-corrected chi connectivity index (χ2v) is 8.39. The van der Waals surface area contributed by atoms with Crippen molar-refractivity contribution in [2.24, 2.45) is 0 Å². The van der Waals surface area contributed by atoms with E-state index in [0.29, 0.717) is 17.5 Å². The van der Waals surface area contributed by atoms with Gasteiger partial charge in [0.2, 0.25) is 0 Å². The van der Waals surface area contributed by atoms with E-state index < -0.39 is 58.9 Å². The number of carbonyl (C=O) groups excluding carboxylic acids is 1. The van der Waals surface area contributed by atoms with Gasteiger partial charge in [-0.1, -0.05) is 13.0 Å². The molecule has 1 fully saturated rings. The summed E-state index contributed by atoms with van der Waals surface area (Å²) in [6.07, 6.45) is 0.0440. The summed E-state index contributed by atoms with van der Waals surface area (Å²) in [5.74, 6) is -3.76. The van der Waals surface area contributed by atoms with Gasteiger partial charge in [0.1, 0.15) is 29.1 Å². The van der Waals surface area contributed by atoms with Crippen LogP contribution in [0.3, 0.4) is 0 Å². The largest absolute Gasteiger partial charge is 0.397 e. The Bertz CT molecular complexity index is 1240. The van der Waals surface area contributed by atoms with E-state index in [1.807, 2.05) is 6.92 Å². The minimum Gasteiger partial charge on any atom is -0.397 e. The van der Waals surface area contributed by atoms with Gasteiger partial charge >= 0.3 is 0 Å². The fraction of sp³-hybridized carbons (Fsp3) is 0.320. The molecule has 0 spiro atoms. The van der Waals surface area contributed by atoms with Crippen LogP contribution >= 0.6 is 0 Å². The average Bonchev–Trinajstić information content (AvgIpc) is 2.82. The number of rotatable bonds is 6. The van der Waals surface area contributed by atoms with Crippen LogP contribution in [0.15, 0.2) is 42.7 Å². The standard InChI is InChI=1S/C25H24F3N3O4/c1-2-20-25(34)19(33)10-21(35-20)13-6-7-30-11-12(13)8-18(32)24-17(29)9-16(28)23(31-24)22-14(26)4-3-5-15(22)27/h3-7,9,11,19-21,25,33-34H,2,8,10,29H2,1H3/t19-,20-,21-,25+/m1/s1. The number of aliphatic hydroxyl groups is 2. The Balaban J connectivity index is 1.67. The van der Waals surface area contributed by atoms with Crippen LogP contribution in [0.2, 0.25) is 0 Å². The molecule has 1 aliphatic rings. The molecule has 4 atom stereocenters. The van der Waals surface area contributed by atoms with Crippen molar-refractivity contribution >= 4 is 11.5 Å². The topological polar surface area (TPSA) is 119 Å². The van der Waals surface area contributed by atoms with E-state index in [4.69, 9.17) is 10.5 Å². The summed E-state index contributed by atoms with van der Waals surface area (Å²) in [6, 6.07) is 5.49. The number of nitrogen functional groups attached to an aromatic ring is 1. The Morgan fingerprint density at radius 3 is 2.57 bits per heavy atom. The molecule has 4 N–H and O–H groups in total. The number of nitrogens with zero attached hydrogens (tertiary/aromatic N) is 2. The van der Waals surface area contributed by atoms with Crippen molar-refractivity contribution in [1.82, 2.24) is 9.97 Å². The van der Waals surface area contributed by atoms with E-state index in [0.717, 1.165) is 24.3 Å². The highest BCUT2D eigenvalue weighted by molar-refractivity contribution is 6.00. The number of hydrogen-bond acceptors (Lipinski definition) is 7. The third kappa shape index (κ3) is 4.90. The van der Waals surface area contributed by atoms with Crippen LogP contribution < -0.4 is 5.73 Å². The third-order valence-corrected chi connectivity index (χ3v) is 6.08. The summed E-state index contributed by atoms with van der Waals surface area (Å²) in [5.41, 5.74) is 4.88. The molecular weight excluding hydrogens is 463 g/mol. The molecule has 3 aromatic rings. The van der Waals surface area contributed by atoms with Crippen LogP contribution in [0.5, 0.6) is 0 Å². The number of halogens is 3. The van der Waals surface area contributed by atoms with Gasteiger partial charge < -0.3 is 20.7 Å². The summed E-state index contributed by atoms with van der Waals surface area (Å²) in [7, 11) is 0. The molecule has 4 rings (SSSR count). The molecule has 0 saturated carbocycles. The minimum atomic E-state index is -1.07. The summed E-state index contributed by atoms with van der Waals surface area (Å²) in [5, 5.41) is 20.4. The van der Waals surface area contributed by atoms with E-state index in [2.05, 4.69) is 9.97 Å². The van der Waals surface area contributed by atoms with Gasteiger partial charge in [-0.25, -0.2) is 18.2 Å². The van der Waals surface area contributed by atoms with Crippen LogP contribution in [-0.4, -0.2) is 44.3 Å². The highest BCUT2D eigenvalue weighted by Gasteiger charge is 2.37. The number of pyridine rings is 2. The van der Waals surface area contributed by atoms with E-state index in [9.17, 15) is 28.2 Å². The molecule has 0 unspecified atom stereocenters. The van der Waals surface area contributed by atoms with E-state index in [1.165, 1.54) is 12.4 Å². The molecule has 1 aromatic carbocycles. The highest BCUT2D eigenvalue weighted by Crippen LogP contribution is 2.35. The lowest BCUT2D eigenvalue weighted by molar-refractivity contribution is -0.171. The molecule has 0 bridgehead atoms. The minimum absolute atomic E-state index is 0.108. The van der Waals surface area contributed by atoms with Crippen molar-refractivity contribution in [1.29, 1.82) is 0 Å². The second-order valence-electron chi connectivity index (χ2n) is 8.39. The Hall–Kier alpha value is -3.34. The number of aromatic nitrogens is 2. The number of ketones is 1. The van der Waals surface area contributed by atoms with Gasteiger partial charge in [0, 0.05) is 31.3 Å². The fourth-order valence-corrected chi connectivity index (χ4v) is 4.27. The first kappa shape index (κ1) is 24.8. The summed E-state index contributed by atoms with van der Waals surface area (Å²) in [4.78, 5) is 21.1. The molecule has 0 amide bonds. The Morgan fingerprint density at radius 1 is 1.17 bits per heavy atom. The molecule has 184 valence electrons. The van der Waals surface area contributed by atoms with Gasteiger partial charge in [-0.3, -0.25) is 9.78 Å². The Kier molecular flexibility index (Phi) is 7.15. The quantitative estimate of drug-likeness (QED) is 0.455. The lowest BCUT2D eigenvalue weighted by Gasteiger charge is -2.37. The van der Waals surface area contributed by atoms with Gasteiger partial charge in [0.05, 0.1) is 29.6 Å². The summed E-state index contributed by atoms with van der Waals surface area (Å²) in [6.45, 7) is 1.82. The first-order chi connectivity index (χ1) is 16.7. The third-order valence-electron chi connectivity index (χ3n) is 6.08. The molecule has 0 aliphatic carbocycles. The normalized spacial score (nSPS) is 22.2. The maximum atomic E-state index is 14.6. The lowest BCUT2D eigenvalue weighted by atomic mass is 9.90. The number of carbonyl (C=O) groups is 1. The van der Waals surface area contributed by atoms with Crippen molar-refractivity contribution in [3.8, 4) is 11.3 Å². The van der Waals surface area contributed by atoms with E-state index in [1.54, 1.807) is 6.07 Å². The van der Waals surface area contributed by atoms with Crippen molar-refractivity contribution in [3.63, 3.8) is 0 Å². The lowest BCUT2D eigenvalue weighted by Crippen LogP contribution is -2.45. The van der Waals surface area contributed by atoms with Crippen molar-refractivity contribution in [2.45, 2.75) is 50.6 Å². The van der Waals surface area contributed by atoms with Gasteiger partial charge in [-0.05, 0) is 35.7 Å². The van der Waals surface area contributed by atoms with Gasteiger partial charge in [-0.2, -0.15) is 0 Å². The second kappa shape index (κ2) is 10.1. The highest BCUT2D eigenvalue weighted by atomic mass is 19.1. The van der Waals surface area contributed by atoms with Crippen LogP contribution in [0.1, 0.15) is 47.5 Å². The van der Waals surface area contributed by atoms with Gasteiger partial charge in [-0.15, -0.1) is 0 Å². The molecule has 1 aliphatic heterocycles. The predicted molar refractivity (Wildman–Crippen MR) is 121 cm³/mol. The molecular formula is C25H24F3N3O4. The summed E-state index contributed by atoms with van der Waals surface area (Å²) < 4.78 is 49.0. The maximum Gasteiger partial charge on any atom is 0.187 e. The maximum absolute atomic E-state index is 14.6. The number of anilines is 1. The van der Waals surface area contributed by atoms with Crippen LogP contribution in [-0.2, 0) is 11.2 Å². The first-order valence-electron chi connectivity index (χ1n) is 11.1. The number of Topliss-reactive ketones (excluding diaryl/α,β-unsaturated/α-hetero) is 1. The van der Waals surface area contributed by atoms with Crippen LogP contribution in [0.25, 0.3) is 11.3 Å². The zero-order valence-corrected chi connectivity index (χ0v) is 18.8. The van der Waals surface area contributed by atoms with Gasteiger partial charge in [0.25, 0.3) is 0 Å².